The van der Waals surface area contributed by atoms with Crippen molar-refractivity contribution in [2.75, 3.05) is 12.5 Å². The third-order valence-corrected chi connectivity index (χ3v) is 3.39. The minimum atomic E-state index is -1.39. The number of aliphatic hydroxyl groups is 3. The zero-order valence-corrected chi connectivity index (χ0v) is 11.2. The number of hydrogen-bond acceptors (Lipinski definition) is 6. The average Bonchev–Trinajstić information content (AvgIpc) is 2.70. The molecular formula is C11H15ClN2O6. The Kier molecular flexibility index (Phi) is 4.61. The number of ether oxygens (including phenoxy) is 1. The first kappa shape index (κ1) is 15.2. The van der Waals surface area contributed by atoms with Crippen LogP contribution in [0, 0.1) is 0 Å². The molecule has 1 aliphatic heterocycles. The van der Waals surface area contributed by atoms with Crippen LogP contribution in [0.25, 0.3) is 0 Å². The topological polar surface area (TPSA) is 125 Å². The zero-order chi connectivity index (χ0) is 14.9. The van der Waals surface area contributed by atoms with Gasteiger partial charge in [0.25, 0.3) is 5.56 Å². The molecule has 0 aromatic carbocycles. The van der Waals surface area contributed by atoms with Crippen molar-refractivity contribution >= 4 is 11.6 Å². The van der Waals surface area contributed by atoms with Crippen molar-refractivity contribution in [2.45, 2.75) is 31.0 Å². The molecule has 4 N–H and O–H groups in total. The number of aromatic amines is 1. The lowest BCUT2D eigenvalue weighted by Gasteiger charge is -2.17. The Morgan fingerprint density at radius 2 is 2.05 bits per heavy atom. The van der Waals surface area contributed by atoms with Crippen molar-refractivity contribution in [3.63, 3.8) is 0 Å². The van der Waals surface area contributed by atoms with E-state index in [2.05, 4.69) is 4.98 Å². The number of nitrogens with one attached hydrogen (secondary N) is 1. The Labute approximate surface area is 118 Å². The summed E-state index contributed by atoms with van der Waals surface area (Å²) in [5, 5.41) is 28.5. The van der Waals surface area contributed by atoms with Crippen molar-refractivity contribution < 1.29 is 20.1 Å². The van der Waals surface area contributed by atoms with Crippen LogP contribution in [0.15, 0.2) is 15.8 Å². The molecule has 1 aromatic rings. The fourth-order valence-corrected chi connectivity index (χ4v) is 2.31. The van der Waals surface area contributed by atoms with E-state index in [9.17, 15) is 19.8 Å². The van der Waals surface area contributed by atoms with Gasteiger partial charge in [-0.25, -0.2) is 4.79 Å². The third-order valence-electron chi connectivity index (χ3n) is 3.20. The summed E-state index contributed by atoms with van der Waals surface area (Å²) in [5.41, 5.74) is -1.07. The maximum atomic E-state index is 11.8. The van der Waals surface area contributed by atoms with Crippen LogP contribution in [0.1, 0.15) is 11.8 Å². The number of alkyl halides is 1. The summed E-state index contributed by atoms with van der Waals surface area (Å²) in [5.74, 6) is 0.192. The van der Waals surface area contributed by atoms with Gasteiger partial charge < -0.3 is 20.1 Å². The van der Waals surface area contributed by atoms with Crippen LogP contribution in [-0.2, 0) is 11.2 Å². The Balaban J connectivity index is 2.40. The molecule has 9 heteroatoms. The molecule has 4 atom stereocenters. The van der Waals surface area contributed by atoms with Crippen LogP contribution in [0.4, 0.5) is 0 Å². The first-order chi connectivity index (χ1) is 9.49. The lowest BCUT2D eigenvalue weighted by molar-refractivity contribution is -0.0551. The van der Waals surface area contributed by atoms with Crippen LogP contribution >= 0.6 is 11.6 Å². The molecule has 0 radical (unpaired) electrons. The van der Waals surface area contributed by atoms with Gasteiger partial charge in [-0.3, -0.25) is 14.3 Å². The van der Waals surface area contributed by atoms with E-state index in [1.165, 1.54) is 6.20 Å². The van der Waals surface area contributed by atoms with Crippen molar-refractivity contribution in [1.82, 2.24) is 9.55 Å². The summed E-state index contributed by atoms with van der Waals surface area (Å²) in [7, 11) is 0. The van der Waals surface area contributed by atoms with Gasteiger partial charge in [0.1, 0.15) is 18.3 Å². The number of aryl methyl sites for hydroxylation is 1. The SMILES string of the molecule is O=c1[nH]c(=O)n([C@@H]2O[C@H](CO)[C@@H](O)[C@H]2O)cc1CCCl. The first-order valence-corrected chi connectivity index (χ1v) is 6.55. The van der Waals surface area contributed by atoms with Gasteiger partial charge >= 0.3 is 5.69 Å². The Hall–Kier alpha value is -1.19. The van der Waals surface area contributed by atoms with Gasteiger partial charge in [0.15, 0.2) is 6.23 Å². The normalized spacial score (nSPS) is 29.8. The molecule has 8 nitrogen and oxygen atoms in total. The van der Waals surface area contributed by atoms with Crippen molar-refractivity contribution in [3.8, 4) is 0 Å². The number of aliphatic hydroxyl groups excluding tert-OH is 3. The van der Waals surface area contributed by atoms with Gasteiger partial charge in [-0.1, -0.05) is 0 Å². The monoisotopic (exact) mass is 306 g/mol. The molecule has 20 heavy (non-hydrogen) atoms. The van der Waals surface area contributed by atoms with E-state index in [1.807, 2.05) is 0 Å². The van der Waals surface area contributed by atoms with Gasteiger partial charge in [0.2, 0.25) is 0 Å². The van der Waals surface area contributed by atoms with Crippen molar-refractivity contribution in [3.05, 3.63) is 32.6 Å². The summed E-state index contributed by atoms with van der Waals surface area (Å²) in [6.07, 6.45) is -3.40. The minimum Gasteiger partial charge on any atom is -0.394 e. The van der Waals surface area contributed by atoms with Crippen LogP contribution in [-0.4, -0.2) is 55.7 Å². The summed E-state index contributed by atoms with van der Waals surface area (Å²) < 4.78 is 6.21. The predicted molar refractivity (Wildman–Crippen MR) is 68.8 cm³/mol. The second-order valence-corrected chi connectivity index (χ2v) is 4.87. The molecule has 112 valence electrons. The maximum Gasteiger partial charge on any atom is 0.330 e. The number of aromatic nitrogens is 2. The van der Waals surface area contributed by atoms with Crippen LogP contribution in [0.5, 0.6) is 0 Å². The molecular weight excluding hydrogens is 292 g/mol. The molecule has 1 aromatic heterocycles. The van der Waals surface area contributed by atoms with E-state index in [0.717, 1.165) is 4.57 Å². The fourth-order valence-electron chi connectivity index (χ4n) is 2.11. The van der Waals surface area contributed by atoms with Gasteiger partial charge in [0, 0.05) is 17.6 Å². The highest BCUT2D eigenvalue weighted by molar-refractivity contribution is 6.17. The van der Waals surface area contributed by atoms with Gasteiger partial charge in [-0.2, -0.15) is 0 Å². The third kappa shape index (κ3) is 2.65. The van der Waals surface area contributed by atoms with Crippen LogP contribution in [0.3, 0.4) is 0 Å². The van der Waals surface area contributed by atoms with Crippen LogP contribution < -0.4 is 11.2 Å². The summed E-state index contributed by atoms with van der Waals surface area (Å²) in [4.78, 5) is 25.4. The fraction of sp³-hybridized carbons (Fsp3) is 0.636. The Morgan fingerprint density at radius 3 is 2.60 bits per heavy atom. The molecule has 0 spiro atoms. The quantitative estimate of drug-likeness (QED) is 0.474. The maximum absolute atomic E-state index is 11.8. The predicted octanol–water partition coefficient (Wildman–Crippen LogP) is -2.07. The number of H-pyrrole nitrogens is 1. The van der Waals surface area contributed by atoms with E-state index in [-0.39, 0.29) is 17.9 Å². The molecule has 0 bridgehead atoms. The number of nitrogens with zero attached hydrogens (tertiary/aromatic N) is 1. The molecule has 1 aliphatic rings. The average molecular weight is 307 g/mol. The lowest BCUT2D eigenvalue weighted by atomic mass is 10.1. The van der Waals surface area contributed by atoms with E-state index >= 15 is 0 Å². The van der Waals surface area contributed by atoms with Gasteiger partial charge in [-0.05, 0) is 6.42 Å². The van der Waals surface area contributed by atoms with Crippen molar-refractivity contribution in [1.29, 1.82) is 0 Å². The molecule has 1 saturated heterocycles. The number of rotatable bonds is 4. The highest BCUT2D eigenvalue weighted by atomic mass is 35.5. The summed E-state index contributed by atoms with van der Waals surface area (Å²) in [6, 6.07) is 0. The molecule has 1 fully saturated rings. The number of hydrogen-bond donors (Lipinski definition) is 4. The highest BCUT2D eigenvalue weighted by Gasteiger charge is 2.43. The van der Waals surface area contributed by atoms with E-state index < -0.39 is 42.4 Å². The smallest absolute Gasteiger partial charge is 0.330 e. The van der Waals surface area contributed by atoms with E-state index in [0.29, 0.717) is 0 Å². The molecule has 2 rings (SSSR count). The molecule has 0 unspecified atom stereocenters. The van der Waals surface area contributed by atoms with Gasteiger partial charge in [-0.15, -0.1) is 11.6 Å². The summed E-state index contributed by atoms with van der Waals surface area (Å²) in [6.45, 7) is -0.499. The second-order valence-electron chi connectivity index (χ2n) is 4.49. The zero-order valence-electron chi connectivity index (χ0n) is 10.4. The summed E-state index contributed by atoms with van der Waals surface area (Å²) >= 11 is 5.56. The van der Waals surface area contributed by atoms with Crippen molar-refractivity contribution in [2.24, 2.45) is 0 Å². The van der Waals surface area contributed by atoms with E-state index in [1.54, 1.807) is 0 Å². The van der Waals surface area contributed by atoms with Crippen LogP contribution in [0.2, 0.25) is 0 Å². The molecule has 0 amide bonds. The minimum absolute atomic E-state index is 0.192. The Bertz CT molecular complexity index is 585. The highest BCUT2D eigenvalue weighted by Crippen LogP contribution is 2.27. The molecule has 0 saturated carbocycles. The Morgan fingerprint density at radius 1 is 1.35 bits per heavy atom. The van der Waals surface area contributed by atoms with Gasteiger partial charge in [0.05, 0.1) is 6.61 Å². The molecule has 2 heterocycles. The lowest BCUT2D eigenvalue weighted by Crippen LogP contribution is -2.39. The van der Waals surface area contributed by atoms with E-state index in [4.69, 9.17) is 21.4 Å². The first-order valence-electron chi connectivity index (χ1n) is 6.02. The second kappa shape index (κ2) is 6.06. The standard InChI is InChI=1S/C11H15ClN2O6/c12-2-1-5-3-14(11(19)13-9(5)18)10-8(17)7(16)6(4-15)20-10/h3,6-8,10,15-17H,1-2,4H2,(H,13,18,19)/t6-,7-,8-,10-/m1/s1. The largest absolute Gasteiger partial charge is 0.394 e. The number of halogens is 1. The molecule has 0 aliphatic carbocycles.